The molecule has 0 unspecified atom stereocenters. The van der Waals surface area contributed by atoms with Crippen molar-refractivity contribution in [3.8, 4) is 5.75 Å². The number of hydrogen-bond acceptors (Lipinski definition) is 10. The maximum Gasteiger partial charge on any atom is 0.255 e. The summed E-state index contributed by atoms with van der Waals surface area (Å²) in [6, 6.07) is 7.15. The van der Waals surface area contributed by atoms with Gasteiger partial charge in [-0.3, -0.25) is 9.48 Å². The summed E-state index contributed by atoms with van der Waals surface area (Å²) >= 11 is 1.52. The number of aromatic nitrogens is 3. The summed E-state index contributed by atoms with van der Waals surface area (Å²) < 4.78 is 13.2. The van der Waals surface area contributed by atoms with E-state index in [0.717, 1.165) is 10.6 Å². The molecule has 2 aliphatic heterocycles. The Morgan fingerprint density at radius 2 is 1.97 bits per heavy atom. The predicted octanol–water partition coefficient (Wildman–Crippen LogP) is 5.09. The highest BCUT2D eigenvalue weighted by atomic mass is 32.1. The number of methoxy groups -OCH3 is 2. The molecule has 1 aromatic carbocycles. The summed E-state index contributed by atoms with van der Waals surface area (Å²) in [5, 5.41) is 23.6. The Kier molecular flexibility index (Phi) is 7.10. The van der Waals surface area contributed by atoms with Gasteiger partial charge in [0.25, 0.3) is 5.91 Å². The molecule has 1 amide bonds. The molecule has 0 bridgehead atoms. The first-order chi connectivity index (χ1) is 18.3. The minimum Gasteiger partial charge on any atom is -0.496 e. The molecule has 3 aromatic rings. The van der Waals surface area contributed by atoms with Gasteiger partial charge in [0.1, 0.15) is 16.3 Å². The quantitative estimate of drug-likeness (QED) is 0.397. The monoisotopic (exact) mass is 536 g/mol. The van der Waals surface area contributed by atoms with Crippen molar-refractivity contribution >= 4 is 17.2 Å². The summed E-state index contributed by atoms with van der Waals surface area (Å²) in [6.07, 6.45) is 5.20. The highest BCUT2D eigenvalue weighted by Crippen LogP contribution is 2.52. The van der Waals surface area contributed by atoms with E-state index in [0.29, 0.717) is 30.9 Å². The maximum atomic E-state index is 14.7. The molecule has 38 heavy (non-hydrogen) atoms. The zero-order valence-electron chi connectivity index (χ0n) is 22.2. The van der Waals surface area contributed by atoms with Crippen molar-refractivity contribution in [1.29, 1.82) is 0 Å². The second-order valence-corrected chi connectivity index (χ2v) is 11.6. The van der Waals surface area contributed by atoms with Gasteiger partial charge in [-0.1, -0.05) is 26.8 Å². The fraction of sp³-hybridized carbons (Fsp3) is 0.500. The van der Waals surface area contributed by atoms with Crippen LogP contribution in [0.4, 0.5) is 0 Å². The van der Waals surface area contributed by atoms with E-state index in [9.17, 15) is 4.79 Å². The van der Waals surface area contributed by atoms with Gasteiger partial charge in [0.15, 0.2) is 0 Å². The van der Waals surface area contributed by atoms with E-state index in [4.69, 9.17) is 9.47 Å². The van der Waals surface area contributed by atoms with Gasteiger partial charge in [-0.05, 0) is 46.0 Å². The van der Waals surface area contributed by atoms with Crippen LogP contribution in [0.15, 0.2) is 68.9 Å². The number of thiazole rings is 1. The smallest absolute Gasteiger partial charge is 0.255 e. The summed E-state index contributed by atoms with van der Waals surface area (Å²) in [5.41, 5.74) is 0.462. The minimum absolute atomic E-state index is 0.0626. The van der Waals surface area contributed by atoms with Crippen molar-refractivity contribution in [3.05, 3.63) is 64.4 Å². The van der Waals surface area contributed by atoms with Gasteiger partial charge in [0, 0.05) is 42.6 Å². The van der Waals surface area contributed by atoms with Crippen molar-refractivity contribution in [2.75, 3.05) is 20.8 Å². The number of amides is 1. The van der Waals surface area contributed by atoms with E-state index in [-0.39, 0.29) is 23.3 Å². The molecule has 0 saturated carbocycles. The van der Waals surface area contributed by atoms with Crippen molar-refractivity contribution < 1.29 is 14.3 Å². The summed E-state index contributed by atoms with van der Waals surface area (Å²) in [6.45, 7) is 7.14. The Morgan fingerprint density at radius 3 is 2.58 bits per heavy atom. The molecule has 4 heterocycles. The van der Waals surface area contributed by atoms with Crippen molar-refractivity contribution in [2.24, 2.45) is 26.6 Å². The normalized spacial score (nSPS) is 23.4. The van der Waals surface area contributed by atoms with E-state index in [2.05, 4.69) is 51.5 Å². The van der Waals surface area contributed by atoms with Gasteiger partial charge >= 0.3 is 0 Å². The second-order valence-electron chi connectivity index (χ2n) is 10.7. The van der Waals surface area contributed by atoms with E-state index in [1.807, 2.05) is 40.7 Å². The largest absolute Gasteiger partial charge is 0.496 e. The summed E-state index contributed by atoms with van der Waals surface area (Å²) in [4.78, 5) is 21.2. The van der Waals surface area contributed by atoms with Crippen molar-refractivity contribution in [2.45, 2.75) is 56.9 Å². The van der Waals surface area contributed by atoms with Crippen LogP contribution in [0.25, 0.3) is 0 Å². The van der Waals surface area contributed by atoms with E-state index in [1.165, 1.54) is 11.3 Å². The number of rotatable bonds is 8. The van der Waals surface area contributed by atoms with E-state index < -0.39 is 11.7 Å². The molecule has 0 N–H and O–H groups in total. The molecule has 3 atom stereocenters. The predicted molar refractivity (Wildman–Crippen MR) is 141 cm³/mol. The molecule has 1 saturated heterocycles. The molecular weight excluding hydrogens is 504 g/mol. The van der Waals surface area contributed by atoms with Gasteiger partial charge in [-0.15, -0.1) is 21.6 Å². The minimum atomic E-state index is -0.915. The fourth-order valence-electron chi connectivity index (χ4n) is 5.63. The number of hydrogen-bond donors (Lipinski definition) is 0. The van der Waals surface area contributed by atoms with Crippen LogP contribution >= 0.6 is 11.3 Å². The lowest BCUT2D eigenvalue weighted by molar-refractivity contribution is 0.0336. The Balaban J connectivity index is 1.68. The Morgan fingerprint density at radius 1 is 1.18 bits per heavy atom. The van der Waals surface area contributed by atoms with Gasteiger partial charge in [-0.25, -0.2) is 4.98 Å². The molecule has 200 valence electrons. The van der Waals surface area contributed by atoms with Crippen LogP contribution in [-0.2, 0) is 16.7 Å². The lowest BCUT2D eigenvalue weighted by Gasteiger charge is -2.41. The first kappa shape index (κ1) is 26.1. The third-order valence-corrected chi connectivity index (χ3v) is 8.06. The second kappa shape index (κ2) is 10.3. The molecule has 5 rings (SSSR count). The Hall–Kier alpha value is -3.51. The van der Waals surface area contributed by atoms with Gasteiger partial charge in [-0.2, -0.15) is 5.10 Å². The Labute approximate surface area is 225 Å². The maximum absolute atomic E-state index is 14.7. The number of ether oxygens (including phenoxy) is 2. The summed E-state index contributed by atoms with van der Waals surface area (Å²) in [5.74, 6) is 0.430. The van der Waals surface area contributed by atoms with Crippen molar-refractivity contribution in [3.63, 3.8) is 0 Å². The lowest BCUT2D eigenvalue weighted by Crippen LogP contribution is -2.57. The molecule has 2 aromatic heterocycles. The fourth-order valence-corrected chi connectivity index (χ4v) is 6.45. The molecule has 0 radical (unpaired) electrons. The molecule has 1 fully saturated rings. The van der Waals surface area contributed by atoms with Crippen LogP contribution < -0.4 is 4.74 Å². The van der Waals surface area contributed by atoms with Crippen molar-refractivity contribution in [1.82, 2.24) is 19.7 Å². The van der Waals surface area contributed by atoms with E-state index in [1.54, 1.807) is 31.3 Å². The number of nitrogens with zero attached hydrogens (tertiary/aromatic N) is 8. The highest BCUT2D eigenvalue weighted by Gasteiger charge is 2.60. The van der Waals surface area contributed by atoms with Gasteiger partial charge < -0.3 is 14.4 Å². The van der Waals surface area contributed by atoms with Gasteiger partial charge in [0.05, 0.1) is 26.3 Å². The Bertz CT molecular complexity index is 1310. The van der Waals surface area contributed by atoms with Crippen LogP contribution in [0.1, 0.15) is 54.2 Å². The number of likely N-dealkylation sites (tertiary alicyclic amines) is 1. The molecule has 11 nitrogen and oxygen atoms in total. The number of carbonyl (C=O) groups is 1. The van der Waals surface area contributed by atoms with E-state index >= 15 is 0 Å². The SMILES string of the molecule is COC[C@H]1C[C@@](Cn2cccn2)(C2N=NN=N2)N(C(=O)c2ccc(C(C)(C)C)c(OC)c2)[C@H]1c1nccs1. The number of carbonyl (C=O) groups excluding carboxylic acids is 1. The summed E-state index contributed by atoms with van der Waals surface area (Å²) in [7, 11) is 3.30. The third kappa shape index (κ3) is 4.62. The van der Waals surface area contributed by atoms with Crippen LogP contribution in [0.3, 0.4) is 0 Å². The molecule has 2 aliphatic rings. The van der Waals surface area contributed by atoms with Gasteiger partial charge in [0.2, 0.25) is 6.17 Å². The third-order valence-electron chi connectivity index (χ3n) is 7.22. The molecule has 0 spiro atoms. The van der Waals surface area contributed by atoms with Crippen LogP contribution in [0, 0.1) is 5.92 Å². The highest BCUT2D eigenvalue weighted by molar-refractivity contribution is 7.09. The first-order valence-electron chi connectivity index (χ1n) is 12.5. The zero-order valence-corrected chi connectivity index (χ0v) is 23.0. The lowest BCUT2D eigenvalue weighted by atomic mass is 9.85. The molecule has 12 heteroatoms. The average molecular weight is 537 g/mol. The molecular formula is C26H32N8O3S. The number of benzene rings is 1. The van der Waals surface area contributed by atoms with Crippen LogP contribution in [0.5, 0.6) is 5.75 Å². The zero-order chi connectivity index (χ0) is 26.9. The average Bonchev–Trinajstić information content (AvgIpc) is 3.70. The van der Waals surface area contributed by atoms with Crippen LogP contribution in [-0.4, -0.2) is 58.1 Å². The standard InChI is InChI=1S/C26H32N8O3S/c1-25(2,3)19-8-7-17(13-20(19)37-5)23(35)34-21(22-27-10-12-38-22)18(15-36-4)14-26(34,24-29-31-32-30-24)16-33-11-6-9-28-33/h6-13,18,21,24H,14-16H2,1-5H3/t18-,21-,26-/m1/s1. The topological polar surface area (TPSA) is 119 Å². The van der Waals surface area contributed by atoms with Crippen LogP contribution in [0.2, 0.25) is 0 Å². The first-order valence-corrected chi connectivity index (χ1v) is 13.3. The molecule has 0 aliphatic carbocycles.